The average Bonchev–Trinajstić information content (AvgIpc) is 2.84. The summed E-state index contributed by atoms with van der Waals surface area (Å²) in [6.07, 6.45) is 2.97. The molecular weight excluding hydrogens is 396 g/mol. The van der Waals surface area contributed by atoms with Crippen molar-refractivity contribution < 1.29 is 4.74 Å². The summed E-state index contributed by atoms with van der Waals surface area (Å²) < 4.78 is 5.45. The Kier molecular flexibility index (Phi) is 5.60. The van der Waals surface area contributed by atoms with Crippen LogP contribution >= 0.6 is 0 Å². The van der Waals surface area contributed by atoms with Gasteiger partial charge in [0.1, 0.15) is 0 Å². The molecule has 5 heteroatoms. The summed E-state index contributed by atoms with van der Waals surface area (Å²) in [5, 5.41) is 0. The van der Waals surface area contributed by atoms with Crippen molar-refractivity contribution in [2.45, 2.75) is 39.2 Å². The van der Waals surface area contributed by atoms with Crippen LogP contribution in [-0.2, 0) is 23.1 Å². The van der Waals surface area contributed by atoms with Crippen LogP contribution in [0.25, 0.3) is 0 Å². The number of hydrogen-bond acceptors (Lipinski definition) is 5. The number of ether oxygens (including phenoxy) is 1. The highest BCUT2D eigenvalue weighted by atomic mass is 16.5. The normalized spacial score (nSPS) is 16.7. The van der Waals surface area contributed by atoms with Crippen molar-refractivity contribution in [2.24, 2.45) is 0 Å². The van der Waals surface area contributed by atoms with Crippen LogP contribution in [0.4, 0.5) is 11.6 Å². The lowest BCUT2D eigenvalue weighted by Gasteiger charge is -2.32. The molecule has 2 aliphatic rings. The Bertz CT molecular complexity index is 1070. The fraction of sp³-hybridized carbons (Fsp3) is 0.407. The molecule has 0 aliphatic carbocycles. The van der Waals surface area contributed by atoms with Crippen LogP contribution < -0.4 is 9.80 Å². The first-order valence-electron chi connectivity index (χ1n) is 11.6. The number of benzene rings is 2. The molecule has 0 spiro atoms. The summed E-state index contributed by atoms with van der Waals surface area (Å²) in [6, 6.07) is 18.0. The highest BCUT2D eigenvalue weighted by Crippen LogP contribution is 2.33. The van der Waals surface area contributed by atoms with Crippen LogP contribution in [0, 0.1) is 6.92 Å². The van der Waals surface area contributed by atoms with Gasteiger partial charge in [-0.05, 0) is 30.2 Å². The Balaban J connectivity index is 1.31. The topological polar surface area (TPSA) is 41.5 Å². The third kappa shape index (κ3) is 4.09. The molecule has 1 saturated heterocycles. The standard InChI is InChI=1S/C27H32N4O/c1-20-4-6-22(7-5-20)27(2,3)23-8-10-24(11-9-23)31-13-12-25-21(19-31)18-28-26(29-25)30-14-16-32-17-15-30/h4-11,18H,12-17,19H2,1-3H3. The zero-order chi connectivity index (χ0) is 22.1. The fourth-order valence-electron chi connectivity index (χ4n) is 4.67. The minimum Gasteiger partial charge on any atom is -0.378 e. The summed E-state index contributed by atoms with van der Waals surface area (Å²) in [5.41, 5.74) is 7.64. The highest BCUT2D eigenvalue weighted by molar-refractivity contribution is 5.52. The SMILES string of the molecule is Cc1ccc(C(C)(C)c2ccc(N3CCc4nc(N5CCOCC5)ncc4C3)cc2)cc1. The van der Waals surface area contributed by atoms with Gasteiger partial charge in [-0.15, -0.1) is 0 Å². The van der Waals surface area contributed by atoms with Gasteiger partial charge >= 0.3 is 0 Å². The number of morpholine rings is 1. The second kappa shape index (κ2) is 8.55. The van der Waals surface area contributed by atoms with Crippen LogP contribution in [0.1, 0.15) is 41.8 Å². The van der Waals surface area contributed by atoms with Crippen molar-refractivity contribution in [3.05, 3.63) is 82.7 Å². The molecule has 0 atom stereocenters. The fourth-order valence-corrected chi connectivity index (χ4v) is 4.67. The van der Waals surface area contributed by atoms with Gasteiger partial charge in [-0.2, -0.15) is 0 Å². The number of nitrogens with zero attached hydrogens (tertiary/aromatic N) is 4. The van der Waals surface area contributed by atoms with Crippen molar-refractivity contribution in [1.82, 2.24) is 9.97 Å². The van der Waals surface area contributed by atoms with E-state index in [1.54, 1.807) is 0 Å². The predicted molar refractivity (Wildman–Crippen MR) is 130 cm³/mol. The quantitative estimate of drug-likeness (QED) is 0.612. The van der Waals surface area contributed by atoms with E-state index >= 15 is 0 Å². The molecule has 0 radical (unpaired) electrons. The Labute approximate surface area is 191 Å². The van der Waals surface area contributed by atoms with E-state index in [2.05, 4.69) is 84.1 Å². The van der Waals surface area contributed by atoms with Gasteiger partial charge < -0.3 is 14.5 Å². The average molecular weight is 429 g/mol. The van der Waals surface area contributed by atoms with Gasteiger partial charge in [0.2, 0.25) is 5.95 Å². The van der Waals surface area contributed by atoms with E-state index < -0.39 is 0 Å². The maximum Gasteiger partial charge on any atom is 0.225 e. The molecule has 2 aromatic carbocycles. The molecule has 3 aromatic rings. The summed E-state index contributed by atoms with van der Waals surface area (Å²) in [6.45, 7) is 11.8. The van der Waals surface area contributed by atoms with Crippen LogP contribution in [-0.4, -0.2) is 42.8 Å². The van der Waals surface area contributed by atoms with Crippen LogP contribution in [0.3, 0.4) is 0 Å². The van der Waals surface area contributed by atoms with E-state index in [9.17, 15) is 0 Å². The maximum atomic E-state index is 5.45. The zero-order valence-electron chi connectivity index (χ0n) is 19.3. The minimum atomic E-state index is -0.0234. The lowest BCUT2D eigenvalue weighted by molar-refractivity contribution is 0.122. The van der Waals surface area contributed by atoms with E-state index in [1.165, 1.54) is 33.6 Å². The molecule has 5 rings (SSSR count). The summed E-state index contributed by atoms with van der Waals surface area (Å²) in [5.74, 6) is 0.850. The first-order chi connectivity index (χ1) is 15.5. The van der Waals surface area contributed by atoms with Gasteiger partial charge in [0.05, 0.1) is 18.9 Å². The molecule has 5 nitrogen and oxygen atoms in total. The largest absolute Gasteiger partial charge is 0.378 e. The van der Waals surface area contributed by atoms with Crippen LogP contribution in [0.5, 0.6) is 0 Å². The van der Waals surface area contributed by atoms with Gasteiger partial charge in [-0.3, -0.25) is 0 Å². The molecular formula is C27H32N4O. The van der Waals surface area contributed by atoms with Gasteiger partial charge in [-0.1, -0.05) is 55.8 Å². The van der Waals surface area contributed by atoms with E-state index in [-0.39, 0.29) is 5.41 Å². The van der Waals surface area contributed by atoms with Crippen molar-refractivity contribution in [2.75, 3.05) is 42.6 Å². The number of fused-ring (bicyclic) bond motifs is 1. The summed E-state index contributed by atoms with van der Waals surface area (Å²) in [4.78, 5) is 14.2. The summed E-state index contributed by atoms with van der Waals surface area (Å²) >= 11 is 0. The van der Waals surface area contributed by atoms with Gasteiger partial charge in [0.15, 0.2) is 0 Å². The van der Waals surface area contributed by atoms with Gasteiger partial charge in [0.25, 0.3) is 0 Å². The Morgan fingerprint density at radius 3 is 2.19 bits per heavy atom. The molecule has 0 saturated carbocycles. The second-order valence-electron chi connectivity index (χ2n) is 9.45. The lowest BCUT2D eigenvalue weighted by Crippen LogP contribution is -2.38. The molecule has 1 fully saturated rings. The molecule has 0 bridgehead atoms. The van der Waals surface area contributed by atoms with Crippen molar-refractivity contribution in [1.29, 1.82) is 0 Å². The van der Waals surface area contributed by atoms with Gasteiger partial charge in [-0.25, -0.2) is 9.97 Å². The number of aromatic nitrogens is 2. The number of aryl methyl sites for hydroxylation is 1. The third-order valence-electron chi connectivity index (χ3n) is 6.94. The van der Waals surface area contributed by atoms with E-state index in [1.807, 2.05) is 6.20 Å². The van der Waals surface area contributed by atoms with Crippen molar-refractivity contribution >= 4 is 11.6 Å². The smallest absolute Gasteiger partial charge is 0.225 e. The molecule has 0 amide bonds. The minimum absolute atomic E-state index is 0.0234. The van der Waals surface area contributed by atoms with Crippen LogP contribution in [0.2, 0.25) is 0 Å². The molecule has 2 aliphatic heterocycles. The Hall–Kier alpha value is -2.92. The van der Waals surface area contributed by atoms with E-state index in [0.717, 1.165) is 51.8 Å². The van der Waals surface area contributed by atoms with E-state index in [0.29, 0.717) is 0 Å². The highest BCUT2D eigenvalue weighted by Gasteiger charge is 2.24. The zero-order valence-corrected chi connectivity index (χ0v) is 19.3. The molecule has 0 unspecified atom stereocenters. The Morgan fingerprint density at radius 1 is 0.844 bits per heavy atom. The number of anilines is 2. The maximum absolute atomic E-state index is 5.45. The number of hydrogen-bond donors (Lipinski definition) is 0. The third-order valence-corrected chi connectivity index (χ3v) is 6.94. The summed E-state index contributed by atoms with van der Waals surface area (Å²) in [7, 11) is 0. The Morgan fingerprint density at radius 2 is 1.50 bits per heavy atom. The second-order valence-corrected chi connectivity index (χ2v) is 9.45. The number of rotatable bonds is 4. The lowest BCUT2D eigenvalue weighted by atomic mass is 9.78. The van der Waals surface area contributed by atoms with Crippen molar-refractivity contribution in [3.63, 3.8) is 0 Å². The molecule has 166 valence electrons. The van der Waals surface area contributed by atoms with Crippen molar-refractivity contribution in [3.8, 4) is 0 Å². The monoisotopic (exact) mass is 428 g/mol. The molecule has 0 N–H and O–H groups in total. The van der Waals surface area contributed by atoms with Gasteiger partial charge in [0, 0.05) is 55.5 Å². The van der Waals surface area contributed by atoms with E-state index in [4.69, 9.17) is 9.72 Å². The molecule has 3 heterocycles. The first kappa shape index (κ1) is 21.0. The molecule has 1 aromatic heterocycles. The predicted octanol–water partition coefficient (Wildman–Crippen LogP) is 4.51. The molecule has 32 heavy (non-hydrogen) atoms. The van der Waals surface area contributed by atoms with Crippen LogP contribution in [0.15, 0.2) is 54.7 Å². The first-order valence-corrected chi connectivity index (χ1v) is 11.6.